The molecule has 1 aromatic carbocycles. The first-order chi connectivity index (χ1) is 9.34. The molecule has 0 radical (unpaired) electrons. The smallest absolute Gasteiger partial charge is 0.132 e. The number of aromatic nitrogens is 1. The molecule has 0 unspecified atom stereocenters. The van der Waals surface area contributed by atoms with Gasteiger partial charge in [0, 0.05) is 17.5 Å². The van der Waals surface area contributed by atoms with Crippen LogP contribution in [-0.4, -0.2) is 11.5 Å². The maximum Gasteiger partial charge on any atom is 0.132 e. The minimum Gasteiger partial charge on any atom is -0.370 e. The van der Waals surface area contributed by atoms with Crippen molar-refractivity contribution in [3.63, 3.8) is 0 Å². The van der Waals surface area contributed by atoms with Crippen molar-refractivity contribution < 1.29 is 4.39 Å². The lowest BCUT2D eigenvalue weighted by atomic mass is 9.86. The highest BCUT2D eigenvalue weighted by Gasteiger charge is 2.21. The summed E-state index contributed by atoms with van der Waals surface area (Å²) in [4.78, 5) is 4.69. The number of nitrogens with zero attached hydrogens (tertiary/aromatic N) is 1. The van der Waals surface area contributed by atoms with E-state index < -0.39 is 0 Å². The maximum absolute atomic E-state index is 14.1. The van der Waals surface area contributed by atoms with E-state index >= 15 is 0 Å². The van der Waals surface area contributed by atoms with Crippen molar-refractivity contribution in [3.05, 3.63) is 35.1 Å². The van der Waals surface area contributed by atoms with Gasteiger partial charge in [0.15, 0.2) is 0 Å². The van der Waals surface area contributed by atoms with E-state index in [1.165, 1.54) is 6.07 Å². The third kappa shape index (κ3) is 2.77. The van der Waals surface area contributed by atoms with Crippen LogP contribution < -0.4 is 5.32 Å². The second-order valence-corrected chi connectivity index (χ2v) is 6.32. The fraction of sp³-hybridized carbons (Fsp3) is 0.471. The molecule has 0 aliphatic rings. The fourth-order valence-electron chi connectivity index (χ4n) is 2.31. The number of anilines is 1. The van der Waals surface area contributed by atoms with Crippen LogP contribution in [0.3, 0.4) is 0 Å². The highest BCUT2D eigenvalue weighted by Crippen LogP contribution is 2.33. The predicted octanol–water partition coefficient (Wildman–Crippen LogP) is 4.80. The molecule has 1 N–H and O–H groups in total. The van der Waals surface area contributed by atoms with Crippen molar-refractivity contribution in [1.29, 1.82) is 0 Å². The summed E-state index contributed by atoms with van der Waals surface area (Å²) in [6, 6.07) is 5.25. The number of rotatable bonds is 3. The van der Waals surface area contributed by atoms with Gasteiger partial charge in [0.1, 0.15) is 11.6 Å². The molecule has 0 fully saturated rings. The van der Waals surface area contributed by atoms with Crippen molar-refractivity contribution in [2.24, 2.45) is 0 Å². The van der Waals surface area contributed by atoms with Crippen molar-refractivity contribution >= 4 is 16.7 Å². The first-order valence-corrected chi connectivity index (χ1v) is 7.18. The molecule has 2 aromatic rings. The second kappa shape index (κ2) is 5.39. The molecule has 3 heteroatoms. The number of fused-ring (bicyclic) bond motifs is 1. The van der Waals surface area contributed by atoms with Gasteiger partial charge in [-0.2, -0.15) is 0 Å². The molecule has 0 aliphatic heterocycles. The number of pyridine rings is 1. The van der Waals surface area contributed by atoms with Gasteiger partial charge < -0.3 is 5.32 Å². The lowest BCUT2D eigenvalue weighted by Gasteiger charge is -2.23. The predicted molar refractivity (Wildman–Crippen MR) is 83.9 cm³/mol. The highest BCUT2D eigenvalue weighted by atomic mass is 19.1. The second-order valence-electron chi connectivity index (χ2n) is 6.32. The number of hydrogen-bond acceptors (Lipinski definition) is 2. The monoisotopic (exact) mass is 274 g/mol. The van der Waals surface area contributed by atoms with Crippen LogP contribution in [-0.2, 0) is 5.41 Å². The number of nitrogens with one attached hydrogen (secondary N) is 1. The normalized spacial score (nSPS) is 11.9. The van der Waals surface area contributed by atoms with Crippen LogP contribution in [0, 0.1) is 12.7 Å². The maximum atomic E-state index is 14.1. The minimum atomic E-state index is -0.203. The molecule has 0 saturated carbocycles. The summed E-state index contributed by atoms with van der Waals surface area (Å²) >= 11 is 0. The van der Waals surface area contributed by atoms with Gasteiger partial charge in [-0.15, -0.1) is 0 Å². The lowest BCUT2D eigenvalue weighted by Crippen LogP contribution is -2.17. The summed E-state index contributed by atoms with van der Waals surface area (Å²) in [7, 11) is 0. The average molecular weight is 274 g/mol. The number of aryl methyl sites for hydroxylation is 1. The van der Waals surface area contributed by atoms with Crippen molar-refractivity contribution in [3.8, 4) is 0 Å². The quantitative estimate of drug-likeness (QED) is 0.869. The molecule has 2 rings (SSSR count). The molecular formula is C17H23FN2. The van der Waals surface area contributed by atoms with Gasteiger partial charge in [-0.1, -0.05) is 33.8 Å². The molecule has 2 nitrogen and oxygen atoms in total. The number of hydrogen-bond donors (Lipinski definition) is 1. The Hall–Kier alpha value is -1.64. The van der Waals surface area contributed by atoms with Crippen LogP contribution >= 0.6 is 0 Å². The van der Waals surface area contributed by atoms with Gasteiger partial charge >= 0.3 is 0 Å². The molecule has 0 aliphatic carbocycles. The van der Waals surface area contributed by atoms with Crippen molar-refractivity contribution in [2.75, 3.05) is 11.9 Å². The van der Waals surface area contributed by atoms with E-state index in [9.17, 15) is 4.39 Å². The summed E-state index contributed by atoms with van der Waals surface area (Å²) in [5.74, 6) is 0.672. The van der Waals surface area contributed by atoms with Gasteiger partial charge in [0.25, 0.3) is 0 Å². The van der Waals surface area contributed by atoms with Gasteiger partial charge in [0.2, 0.25) is 0 Å². The van der Waals surface area contributed by atoms with E-state index in [-0.39, 0.29) is 11.2 Å². The summed E-state index contributed by atoms with van der Waals surface area (Å²) in [5, 5.41) is 3.98. The Kier molecular flexibility index (Phi) is 3.98. The van der Waals surface area contributed by atoms with Crippen LogP contribution in [0.15, 0.2) is 18.2 Å². The Balaban J connectivity index is 2.71. The van der Waals surface area contributed by atoms with Crippen LogP contribution in [0.1, 0.15) is 45.2 Å². The summed E-state index contributed by atoms with van der Waals surface area (Å²) < 4.78 is 14.1. The van der Waals surface area contributed by atoms with E-state index in [4.69, 9.17) is 0 Å². The molecule has 0 amide bonds. The fourth-order valence-corrected chi connectivity index (χ4v) is 2.31. The van der Waals surface area contributed by atoms with Crippen molar-refractivity contribution in [2.45, 2.75) is 46.5 Å². The Morgan fingerprint density at radius 3 is 2.55 bits per heavy atom. The molecule has 1 aromatic heterocycles. The first-order valence-electron chi connectivity index (χ1n) is 7.18. The largest absolute Gasteiger partial charge is 0.370 e. The SMILES string of the molecule is CCCNc1nc2c(C)ccc(F)c2cc1C(C)(C)C. The van der Waals surface area contributed by atoms with E-state index in [0.29, 0.717) is 5.39 Å². The highest BCUT2D eigenvalue weighted by molar-refractivity contribution is 5.85. The van der Waals surface area contributed by atoms with Crippen molar-refractivity contribution in [1.82, 2.24) is 4.98 Å². The Bertz CT molecular complexity index is 627. The summed E-state index contributed by atoms with van der Waals surface area (Å²) in [6.45, 7) is 11.3. The topological polar surface area (TPSA) is 24.9 Å². The molecule has 0 saturated heterocycles. The molecule has 20 heavy (non-hydrogen) atoms. The zero-order valence-electron chi connectivity index (χ0n) is 13.0. The summed E-state index contributed by atoms with van der Waals surface area (Å²) in [6.07, 6.45) is 1.03. The van der Waals surface area contributed by atoms with Crippen LogP contribution in [0.4, 0.5) is 10.2 Å². The molecule has 0 spiro atoms. The van der Waals surface area contributed by atoms with Gasteiger partial charge in [-0.3, -0.25) is 0 Å². The van der Waals surface area contributed by atoms with Gasteiger partial charge in [-0.05, 0) is 36.5 Å². The molecule has 0 atom stereocenters. The minimum absolute atomic E-state index is 0.0759. The van der Waals surface area contributed by atoms with E-state index in [2.05, 4.69) is 38.0 Å². The Morgan fingerprint density at radius 2 is 1.95 bits per heavy atom. The molecule has 0 bridgehead atoms. The third-order valence-corrected chi connectivity index (χ3v) is 3.48. The van der Waals surface area contributed by atoms with Gasteiger partial charge in [-0.25, -0.2) is 9.37 Å². The molecule has 1 heterocycles. The number of benzene rings is 1. The average Bonchev–Trinajstić information content (AvgIpc) is 2.39. The Morgan fingerprint density at radius 1 is 1.25 bits per heavy atom. The lowest BCUT2D eigenvalue weighted by molar-refractivity contribution is 0.589. The Labute approximate surface area is 120 Å². The first kappa shape index (κ1) is 14.8. The van der Waals surface area contributed by atoms with Crippen LogP contribution in [0.5, 0.6) is 0 Å². The van der Waals surface area contributed by atoms with Gasteiger partial charge in [0.05, 0.1) is 5.52 Å². The van der Waals surface area contributed by atoms with E-state index in [0.717, 1.165) is 35.4 Å². The van der Waals surface area contributed by atoms with E-state index in [1.54, 1.807) is 6.07 Å². The molecule has 108 valence electrons. The third-order valence-electron chi connectivity index (χ3n) is 3.48. The number of halogens is 1. The van der Waals surface area contributed by atoms with Crippen LogP contribution in [0.25, 0.3) is 10.9 Å². The molecular weight excluding hydrogens is 251 g/mol. The zero-order valence-corrected chi connectivity index (χ0v) is 13.0. The van der Waals surface area contributed by atoms with E-state index in [1.807, 2.05) is 13.0 Å². The zero-order chi connectivity index (χ0) is 14.9. The standard InChI is InChI=1S/C17H23FN2/c1-6-9-19-16-13(17(3,4)5)10-12-14(18)8-7-11(2)15(12)20-16/h7-8,10H,6,9H2,1-5H3,(H,19,20). The van der Waals surface area contributed by atoms with Crippen LogP contribution in [0.2, 0.25) is 0 Å². The summed E-state index contributed by atoms with van der Waals surface area (Å²) in [5.41, 5.74) is 2.73.